The number of hydrogen-bond donors (Lipinski definition) is 1. The summed E-state index contributed by atoms with van der Waals surface area (Å²) in [5, 5.41) is 1.32. The Balaban J connectivity index is 2.31. The summed E-state index contributed by atoms with van der Waals surface area (Å²) >= 11 is 3.51. The molecular weight excluding hydrogens is 250 g/mol. The van der Waals surface area contributed by atoms with Crippen LogP contribution in [0.15, 0.2) is 28.9 Å². The Morgan fingerprint density at radius 2 is 2.27 bits per heavy atom. The molecule has 2 heteroatoms. The SMILES string of the molecule is [CH2]C(C)CCc1c[nH]c2ccc(Br)cc12. The Bertz CT molecular complexity index is 457. The molecule has 1 nitrogen and oxygen atoms in total. The Labute approximate surface area is 99.0 Å². The Kier molecular flexibility index (Phi) is 3.15. The van der Waals surface area contributed by atoms with Gasteiger partial charge in [0.2, 0.25) is 0 Å². The first kappa shape index (κ1) is 10.7. The summed E-state index contributed by atoms with van der Waals surface area (Å²) in [4.78, 5) is 3.30. The summed E-state index contributed by atoms with van der Waals surface area (Å²) < 4.78 is 1.14. The van der Waals surface area contributed by atoms with Crippen LogP contribution >= 0.6 is 15.9 Å². The van der Waals surface area contributed by atoms with Crippen LogP contribution in [0.2, 0.25) is 0 Å². The topological polar surface area (TPSA) is 15.8 Å². The largest absolute Gasteiger partial charge is 0.361 e. The minimum absolute atomic E-state index is 0.516. The van der Waals surface area contributed by atoms with Crippen molar-refractivity contribution in [3.8, 4) is 0 Å². The van der Waals surface area contributed by atoms with Gasteiger partial charge in [0.1, 0.15) is 0 Å². The smallest absolute Gasteiger partial charge is 0.0457 e. The lowest BCUT2D eigenvalue weighted by Gasteiger charge is -2.03. The highest BCUT2D eigenvalue weighted by Gasteiger charge is 2.04. The zero-order valence-corrected chi connectivity index (χ0v) is 10.5. The molecule has 2 aromatic rings. The van der Waals surface area contributed by atoms with Gasteiger partial charge in [-0.15, -0.1) is 0 Å². The second-order valence-corrected chi connectivity index (χ2v) is 5.06. The predicted octanol–water partition coefficient (Wildman–Crippen LogP) is 4.33. The second kappa shape index (κ2) is 4.40. The third-order valence-corrected chi connectivity index (χ3v) is 3.13. The third-order valence-electron chi connectivity index (χ3n) is 2.64. The van der Waals surface area contributed by atoms with Gasteiger partial charge in [-0.25, -0.2) is 0 Å². The lowest BCUT2D eigenvalue weighted by Crippen LogP contribution is -1.91. The van der Waals surface area contributed by atoms with E-state index in [0.717, 1.165) is 17.3 Å². The van der Waals surface area contributed by atoms with Crippen LogP contribution in [0.1, 0.15) is 18.9 Å². The first-order chi connectivity index (χ1) is 7.16. The second-order valence-electron chi connectivity index (χ2n) is 4.15. The monoisotopic (exact) mass is 264 g/mol. The average molecular weight is 265 g/mol. The number of fused-ring (bicyclic) bond motifs is 1. The normalized spacial score (nSPS) is 11.5. The first-order valence-corrected chi connectivity index (χ1v) is 6.04. The Morgan fingerprint density at radius 1 is 1.47 bits per heavy atom. The molecule has 0 saturated heterocycles. The lowest BCUT2D eigenvalue weighted by molar-refractivity contribution is 0.646. The van der Waals surface area contributed by atoms with Gasteiger partial charge in [-0.2, -0.15) is 0 Å². The van der Waals surface area contributed by atoms with E-state index in [1.165, 1.54) is 16.5 Å². The molecule has 0 spiro atoms. The van der Waals surface area contributed by atoms with Gasteiger partial charge in [0.15, 0.2) is 0 Å². The van der Waals surface area contributed by atoms with Crippen molar-refractivity contribution < 1.29 is 0 Å². The molecule has 0 saturated carbocycles. The highest BCUT2D eigenvalue weighted by atomic mass is 79.9. The van der Waals surface area contributed by atoms with Crippen LogP contribution in [0, 0.1) is 12.8 Å². The minimum atomic E-state index is 0.516. The van der Waals surface area contributed by atoms with Gasteiger partial charge in [-0.05, 0) is 42.5 Å². The van der Waals surface area contributed by atoms with Gasteiger partial charge in [-0.3, -0.25) is 0 Å². The molecule has 1 heterocycles. The summed E-state index contributed by atoms with van der Waals surface area (Å²) in [5.74, 6) is 0.516. The molecule has 1 atom stereocenters. The van der Waals surface area contributed by atoms with Crippen molar-refractivity contribution in [2.75, 3.05) is 0 Å². The summed E-state index contributed by atoms with van der Waals surface area (Å²) in [6.07, 6.45) is 4.35. The zero-order valence-electron chi connectivity index (χ0n) is 8.89. The van der Waals surface area contributed by atoms with E-state index < -0.39 is 0 Å². The molecule has 0 aliphatic heterocycles. The van der Waals surface area contributed by atoms with Gasteiger partial charge in [0.05, 0.1) is 0 Å². The molecule has 1 N–H and O–H groups in total. The van der Waals surface area contributed by atoms with E-state index >= 15 is 0 Å². The molecule has 1 unspecified atom stereocenters. The molecule has 0 aliphatic carbocycles. The summed E-state index contributed by atoms with van der Waals surface area (Å²) in [7, 11) is 0. The number of aromatic nitrogens is 1. The van der Waals surface area contributed by atoms with Gasteiger partial charge in [0.25, 0.3) is 0 Å². The van der Waals surface area contributed by atoms with Crippen molar-refractivity contribution in [1.29, 1.82) is 0 Å². The van der Waals surface area contributed by atoms with Crippen molar-refractivity contribution in [2.24, 2.45) is 5.92 Å². The van der Waals surface area contributed by atoms with Gasteiger partial charge >= 0.3 is 0 Å². The average Bonchev–Trinajstić information content (AvgIpc) is 2.57. The zero-order chi connectivity index (χ0) is 10.8. The number of aromatic amines is 1. The van der Waals surface area contributed by atoms with Crippen molar-refractivity contribution in [3.05, 3.63) is 41.4 Å². The Hall–Kier alpha value is -0.760. The van der Waals surface area contributed by atoms with Gasteiger partial charge in [-0.1, -0.05) is 29.8 Å². The molecule has 0 bridgehead atoms. The van der Waals surface area contributed by atoms with Gasteiger partial charge < -0.3 is 4.98 Å². The van der Waals surface area contributed by atoms with Crippen molar-refractivity contribution in [2.45, 2.75) is 19.8 Å². The highest BCUT2D eigenvalue weighted by molar-refractivity contribution is 9.10. The van der Waals surface area contributed by atoms with E-state index in [4.69, 9.17) is 0 Å². The molecule has 0 amide bonds. The summed E-state index contributed by atoms with van der Waals surface area (Å²) in [5.41, 5.74) is 2.60. The molecule has 1 aromatic heterocycles. The predicted molar refractivity (Wildman–Crippen MR) is 68.8 cm³/mol. The van der Waals surface area contributed by atoms with E-state index in [-0.39, 0.29) is 0 Å². The van der Waals surface area contributed by atoms with E-state index in [1.807, 2.05) is 0 Å². The van der Waals surface area contributed by atoms with E-state index in [0.29, 0.717) is 5.92 Å². The molecule has 0 aliphatic rings. The van der Waals surface area contributed by atoms with Crippen LogP contribution in [-0.2, 0) is 6.42 Å². The van der Waals surface area contributed by atoms with Crippen molar-refractivity contribution in [1.82, 2.24) is 4.98 Å². The quantitative estimate of drug-likeness (QED) is 0.850. The number of benzene rings is 1. The number of nitrogens with one attached hydrogen (secondary N) is 1. The van der Waals surface area contributed by atoms with Crippen LogP contribution < -0.4 is 0 Å². The molecule has 1 radical (unpaired) electrons. The van der Waals surface area contributed by atoms with Crippen LogP contribution in [0.4, 0.5) is 0 Å². The molecule has 1 aromatic carbocycles. The number of hydrogen-bond acceptors (Lipinski definition) is 0. The molecule has 15 heavy (non-hydrogen) atoms. The molecular formula is C13H15BrN. The lowest BCUT2D eigenvalue weighted by atomic mass is 10.0. The fourth-order valence-corrected chi connectivity index (χ4v) is 2.12. The maximum atomic E-state index is 4.02. The van der Waals surface area contributed by atoms with Crippen LogP contribution in [0.25, 0.3) is 10.9 Å². The number of halogens is 1. The standard InChI is InChI=1S/C13H15BrN/c1-9(2)3-4-10-8-15-13-6-5-11(14)7-12(10)13/h5-9,15H,1,3-4H2,2H3. The molecule has 2 rings (SSSR count). The first-order valence-electron chi connectivity index (χ1n) is 5.25. The maximum absolute atomic E-state index is 4.02. The van der Waals surface area contributed by atoms with Crippen molar-refractivity contribution >= 4 is 26.8 Å². The summed E-state index contributed by atoms with van der Waals surface area (Å²) in [6.45, 7) is 6.17. The number of rotatable bonds is 3. The fourth-order valence-electron chi connectivity index (χ4n) is 1.76. The molecule has 0 fully saturated rings. The van der Waals surface area contributed by atoms with E-state index in [1.54, 1.807) is 0 Å². The minimum Gasteiger partial charge on any atom is -0.361 e. The maximum Gasteiger partial charge on any atom is 0.0457 e. The third kappa shape index (κ3) is 2.43. The van der Waals surface area contributed by atoms with Crippen LogP contribution in [0.3, 0.4) is 0 Å². The van der Waals surface area contributed by atoms with Crippen molar-refractivity contribution in [3.63, 3.8) is 0 Å². The fraction of sp³-hybridized carbons (Fsp3) is 0.308. The Morgan fingerprint density at radius 3 is 3.00 bits per heavy atom. The summed E-state index contributed by atoms with van der Waals surface area (Å²) in [6, 6.07) is 6.35. The van der Waals surface area contributed by atoms with Gasteiger partial charge in [0, 0.05) is 21.6 Å². The van der Waals surface area contributed by atoms with Crippen LogP contribution in [-0.4, -0.2) is 4.98 Å². The number of aryl methyl sites for hydroxylation is 1. The van der Waals surface area contributed by atoms with E-state index in [2.05, 4.69) is 59.2 Å². The number of H-pyrrole nitrogens is 1. The molecule has 79 valence electrons. The van der Waals surface area contributed by atoms with E-state index in [9.17, 15) is 0 Å². The van der Waals surface area contributed by atoms with Crippen LogP contribution in [0.5, 0.6) is 0 Å². The highest BCUT2D eigenvalue weighted by Crippen LogP contribution is 2.24.